The van der Waals surface area contributed by atoms with Crippen molar-refractivity contribution in [2.45, 2.75) is 38.2 Å². The molecule has 2 N–H and O–H groups in total. The van der Waals surface area contributed by atoms with Gasteiger partial charge in [0, 0.05) is 13.1 Å². The standard InChI is InChI=1S/C19H26N2O5/c20-16-6-5-14(19(23)26-15-3-1-2-4-15)13-17(16)25-10-7-18(22)21-8-11-24-12-9-21/h5-6,13,15H,1-4,7-12,20H2. The Kier molecular flexibility index (Phi) is 6.33. The normalized spacial score (nSPS) is 17.9. The van der Waals surface area contributed by atoms with Crippen molar-refractivity contribution in [3.8, 4) is 5.75 Å². The molecule has 0 bridgehead atoms. The first-order valence-corrected chi connectivity index (χ1v) is 9.22. The van der Waals surface area contributed by atoms with Gasteiger partial charge in [-0.25, -0.2) is 4.79 Å². The largest absolute Gasteiger partial charge is 0.491 e. The van der Waals surface area contributed by atoms with Crippen molar-refractivity contribution in [2.75, 3.05) is 38.6 Å². The zero-order valence-electron chi connectivity index (χ0n) is 14.9. The minimum atomic E-state index is -0.355. The molecule has 1 heterocycles. The molecule has 0 atom stereocenters. The smallest absolute Gasteiger partial charge is 0.338 e. The van der Waals surface area contributed by atoms with Crippen molar-refractivity contribution >= 4 is 17.6 Å². The van der Waals surface area contributed by atoms with Crippen LogP contribution in [-0.2, 0) is 14.3 Å². The number of morpholine rings is 1. The highest BCUT2D eigenvalue weighted by Gasteiger charge is 2.21. The topological polar surface area (TPSA) is 91.1 Å². The van der Waals surface area contributed by atoms with E-state index in [1.165, 1.54) is 0 Å². The van der Waals surface area contributed by atoms with Gasteiger partial charge < -0.3 is 24.8 Å². The van der Waals surface area contributed by atoms with Gasteiger partial charge in [0.15, 0.2) is 0 Å². The van der Waals surface area contributed by atoms with Crippen LogP contribution in [0, 0.1) is 0 Å². The molecule has 2 fully saturated rings. The van der Waals surface area contributed by atoms with E-state index in [9.17, 15) is 9.59 Å². The average Bonchev–Trinajstić information content (AvgIpc) is 3.16. The molecule has 1 aromatic carbocycles. The van der Waals surface area contributed by atoms with E-state index in [1.54, 1.807) is 23.1 Å². The Balaban J connectivity index is 1.52. The molecule has 1 aliphatic heterocycles. The Morgan fingerprint density at radius 1 is 1.19 bits per heavy atom. The lowest BCUT2D eigenvalue weighted by Gasteiger charge is -2.26. The van der Waals surface area contributed by atoms with Gasteiger partial charge in [-0.05, 0) is 43.9 Å². The van der Waals surface area contributed by atoms with Crippen LogP contribution in [0.5, 0.6) is 5.75 Å². The average molecular weight is 362 g/mol. The van der Waals surface area contributed by atoms with Gasteiger partial charge >= 0.3 is 5.97 Å². The number of carbonyl (C=O) groups is 2. The molecule has 1 saturated heterocycles. The van der Waals surface area contributed by atoms with Gasteiger partial charge in [0.05, 0.1) is 37.5 Å². The zero-order chi connectivity index (χ0) is 18.4. The summed E-state index contributed by atoms with van der Waals surface area (Å²) in [5, 5.41) is 0. The lowest BCUT2D eigenvalue weighted by molar-refractivity contribution is -0.135. The molecular weight excluding hydrogens is 336 g/mol. The summed E-state index contributed by atoms with van der Waals surface area (Å²) in [6, 6.07) is 4.86. The second-order valence-corrected chi connectivity index (χ2v) is 6.66. The summed E-state index contributed by atoms with van der Waals surface area (Å²) in [6.45, 7) is 2.59. The third-order valence-corrected chi connectivity index (χ3v) is 4.76. The summed E-state index contributed by atoms with van der Waals surface area (Å²) in [6.07, 6.45) is 4.32. The number of amides is 1. The lowest BCUT2D eigenvalue weighted by atomic mass is 10.2. The van der Waals surface area contributed by atoms with Crippen LogP contribution in [-0.4, -0.2) is 55.8 Å². The third kappa shape index (κ3) is 4.88. The van der Waals surface area contributed by atoms with Crippen molar-refractivity contribution in [2.24, 2.45) is 0 Å². The van der Waals surface area contributed by atoms with Gasteiger partial charge in [-0.2, -0.15) is 0 Å². The molecule has 1 aromatic rings. The number of ether oxygens (including phenoxy) is 3. The second-order valence-electron chi connectivity index (χ2n) is 6.66. The van der Waals surface area contributed by atoms with Crippen LogP contribution in [0.25, 0.3) is 0 Å². The van der Waals surface area contributed by atoms with Crippen LogP contribution in [0.1, 0.15) is 42.5 Å². The first-order chi connectivity index (χ1) is 12.6. The number of rotatable bonds is 6. The van der Waals surface area contributed by atoms with Crippen LogP contribution in [0.2, 0.25) is 0 Å². The maximum atomic E-state index is 12.3. The maximum absolute atomic E-state index is 12.3. The maximum Gasteiger partial charge on any atom is 0.338 e. The molecule has 0 spiro atoms. The molecular formula is C19H26N2O5. The van der Waals surface area contributed by atoms with E-state index in [1.807, 2.05) is 0 Å². The summed E-state index contributed by atoms with van der Waals surface area (Å²) < 4.78 is 16.4. The molecule has 26 heavy (non-hydrogen) atoms. The molecule has 0 radical (unpaired) electrons. The van der Waals surface area contributed by atoms with E-state index in [4.69, 9.17) is 19.9 Å². The van der Waals surface area contributed by atoms with Gasteiger partial charge in [-0.1, -0.05) is 0 Å². The zero-order valence-corrected chi connectivity index (χ0v) is 14.9. The lowest BCUT2D eigenvalue weighted by Crippen LogP contribution is -2.41. The minimum Gasteiger partial charge on any atom is -0.491 e. The summed E-state index contributed by atoms with van der Waals surface area (Å²) in [5.74, 6) is 0.0791. The Labute approximate surface area is 153 Å². The highest BCUT2D eigenvalue weighted by molar-refractivity contribution is 5.90. The van der Waals surface area contributed by atoms with Crippen LogP contribution in [0.15, 0.2) is 18.2 Å². The number of nitrogens with two attached hydrogens (primary N) is 1. The van der Waals surface area contributed by atoms with Gasteiger partial charge in [-0.15, -0.1) is 0 Å². The minimum absolute atomic E-state index is 0.00978. The Morgan fingerprint density at radius 3 is 2.65 bits per heavy atom. The van der Waals surface area contributed by atoms with Crippen molar-refractivity contribution in [3.05, 3.63) is 23.8 Å². The highest BCUT2D eigenvalue weighted by atomic mass is 16.5. The fourth-order valence-electron chi connectivity index (χ4n) is 3.23. The molecule has 1 aliphatic carbocycles. The first kappa shape index (κ1) is 18.5. The van der Waals surface area contributed by atoms with Crippen molar-refractivity contribution in [1.29, 1.82) is 0 Å². The number of esters is 1. The number of nitrogen functional groups attached to an aromatic ring is 1. The van der Waals surface area contributed by atoms with Crippen LogP contribution >= 0.6 is 0 Å². The van der Waals surface area contributed by atoms with E-state index in [0.29, 0.717) is 43.3 Å². The molecule has 2 aliphatic rings. The van der Waals surface area contributed by atoms with E-state index in [0.717, 1.165) is 25.7 Å². The number of hydrogen-bond acceptors (Lipinski definition) is 6. The number of anilines is 1. The van der Waals surface area contributed by atoms with Gasteiger partial charge in [0.1, 0.15) is 11.9 Å². The summed E-state index contributed by atoms with van der Waals surface area (Å²) in [7, 11) is 0. The van der Waals surface area contributed by atoms with E-state index < -0.39 is 0 Å². The van der Waals surface area contributed by atoms with Crippen molar-refractivity contribution in [1.82, 2.24) is 4.90 Å². The van der Waals surface area contributed by atoms with Gasteiger partial charge in [0.2, 0.25) is 5.91 Å². The molecule has 7 heteroatoms. The predicted octanol–water partition coefficient (Wildman–Crippen LogP) is 2.00. The number of hydrogen-bond donors (Lipinski definition) is 1. The van der Waals surface area contributed by atoms with E-state index >= 15 is 0 Å². The van der Waals surface area contributed by atoms with Crippen LogP contribution in [0.4, 0.5) is 5.69 Å². The molecule has 1 saturated carbocycles. The predicted molar refractivity (Wildman–Crippen MR) is 96.0 cm³/mol. The Hall–Kier alpha value is -2.28. The summed E-state index contributed by atoms with van der Waals surface area (Å²) >= 11 is 0. The monoisotopic (exact) mass is 362 g/mol. The quantitative estimate of drug-likeness (QED) is 0.615. The summed E-state index contributed by atoms with van der Waals surface area (Å²) in [5.41, 5.74) is 6.77. The fourth-order valence-corrected chi connectivity index (χ4v) is 3.23. The number of benzene rings is 1. The second kappa shape index (κ2) is 8.89. The molecule has 0 unspecified atom stereocenters. The highest BCUT2D eigenvalue weighted by Crippen LogP contribution is 2.26. The third-order valence-electron chi connectivity index (χ3n) is 4.76. The van der Waals surface area contributed by atoms with Gasteiger partial charge in [-0.3, -0.25) is 4.79 Å². The molecule has 3 rings (SSSR count). The molecule has 142 valence electrons. The molecule has 7 nitrogen and oxygen atoms in total. The van der Waals surface area contributed by atoms with Crippen LogP contribution < -0.4 is 10.5 Å². The van der Waals surface area contributed by atoms with Crippen molar-refractivity contribution in [3.63, 3.8) is 0 Å². The summed E-state index contributed by atoms with van der Waals surface area (Å²) in [4.78, 5) is 26.2. The van der Waals surface area contributed by atoms with Gasteiger partial charge in [0.25, 0.3) is 0 Å². The molecule has 0 aromatic heterocycles. The number of carbonyl (C=O) groups excluding carboxylic acids is 2. The SMILES string of the molecule is Nc1ccc(C(=O)OC2CCCC2)cc1OCCC(=O)N1CCOCC1. The number of nitrogens with zero attached hydrogens (tertiary/aromatic N) is 1. The van der Waals surface area contributed by atoms with Crippen molar-refractivity contribution < 1.29 is 23.8 Å². The van der Waals surface area contributed by atoms with E-state index in [2.05, 4.69) is 0 Å². The Morgan fingerprint density at radius 2 is 1.92 bits per heavy atom. The molecule has 1 amide bonds. The first-order valence-electron chi connectivity index (χ1n) is 9.22. The Bertz CT molecular complexity index is 637. The van der Waals surface area contributed by atoms with E-state index in [-0.39, 0.29) is 31.0 Å². The van der Waals surface area contributed by atoms with Crippen LogP contribution in [0.3, 0.4) is 0 Å². The fraction of sp³-hybridized carbons (Fsp3) is 0.579.